The van der Waals surface area contributed by atoms with E-state index in [1.165, 1.54) is 7.11 Å². The molecular formula is C14H18N4O5S. The standard InChI is InChI=1S/C13H14N4O2.CH4O3S/c1-19-11-5-4-9(17-6-2-3-7-17)8-10(11)12(18)16-13(14)15;1-5(2,3)4/h2-8H,1H3,(H4,14,15,16,18);1H3,(H,2,3,4). The molecule has 0 saturated heterocycles. The second kappa shape index (κ2) is 8.13. The third-order valence-corrected chi connectivity index (χ3v) is 2.55. The molecule has 130 valence electrons. The normalized spacial score (nSPS) is 10.3. The molecule has 1 amide bonds. The first-order valence-electron chi connectivity index (χ1n) is 6.49. The Morgan fingerprint density at radius 1 is 1.25 bits per heavy atom. The number of guanidine groups is 1. The van der Waals surface area contributed by atoms with Crippen molar-refractivity contribution in [1.29, 1.82) is 0 Å². The van der Waals surface area contributed by atoms with Crippen LogP contribution in [0.15, 0.2) is 47.7 Å². The number of rotatable bonds is 3. The number of carbonyl (C=O) groups excluding carboxylic acids is 1. The zero-order chi connectivity index (χ0) is 18.3. The molecule has 10 heteroatoms. The quantitative estimate of drug-likeness (QED) is 0.410. The smallest absolute Gasteiger partial charge is 0.284 e. The number of hydrogen-bond acceptors (Lipinski definition) is 4. The summed E-state index contributed by atoms with van der Waals surface area (Å²) in [5.74, 6) is -0.393. The Balaban J connectivity index is 0.000000505. The number of amides is 1. The summed E-state index contributed by atoms with van der Waals surface area (Å²) >= 11 is 0. The van der Waals surface area contributed by atoms with Crippen LogP contribution in [0.4, 0.5) is 0 Å². The molecule has 2 rings (SSSR count). The fraction of sp³-hybridized carbons (Fsp3) is 0.143. The van der Waals surface area contributed by atoms with Gasteiger partial charge in [0.15, 0.2) is 5.96 Å². The molecule has 0 aliphatic carbocycles. The maximum atomic E-state index is 11.9. The summed E-state index contributed by atoms with van der Waals surface area (Å²) in [4.78, 5) is 15.4. The summed E-state index contributed by atoms with van der Waals surface area (Å²) in [7, 11) is -2.18. The van der Waals surface area contributed by atoms with Crippen molar-refractivity contribution in [2.24, 2.45) is 16.5 Å². The van der Waals surface area contributed by atoms with Gasteiger partial charge in [0.05, 0.1) is 18.9 Å². The molecule has 0 bridgehead atoms. The first-order valence-corrected chi connectivity index (χ1v) is 8.34. The van der Waals surface area contributed by atoms with Crippen molar-refractivity contribution in [3.63, 3.8) is 0 Å². The van der Waals surface area contributed by atoms with Crippen LogP contribution in [-0.2, 0) is 10.1 Å². The summed E-state index contributed by atoms with van der Waals surface area (Å²) in [6.07, 6.45) is 4.46. The highest BCUT2D eigenvalue weighted by atomic mass is 32.2. The van der Waals surface area contributed by atoms with Crippen LogP contribution in [0, 0.1) is 0 Å². The van der Waals surface area contributed by atoms with Gasteiger partial charge in [-0.1, -0.05) is 0 Å². The second-order valence-electron chi connectivity index (χ2n) is 4.55. The van der Waals surface area contributed by atoms with E-state index in [0.717, 1.165) is 5.69 Å². The van der Waals surface area contributed by atoms with Crippen LogP contribution >= 0.6 is 0 Å². The van der Waals surface area contributed by atoms with Gasteiger partial charge in [-0.15, -0.1) is 0 Å². The molecule has 0 saturated carbocycles. The number of nitrogens with zero attached hydrogens (tertiary/aromatic N) is 2. The van der Waals surface area contributed by atoms with E-state index >= 15 is 0 Å². The highest BCUT2D eigenvalue weighted by Gasteiger charge is 2.13. The van der Waals surface area contributed by atoms with Crippen LogP contribution in [0.25, 0.3) is 5.69 Å². The maximum Gasteiger partial charge on any atom is 0.284 e. The lowest BCUT2D eigenvalue weighted by Gasteiger charge is -2.09. The molecule has 1 aromatic heterocycles. The number of aliphatic imine (C=N–C) groups is 1. The molecule has 0 radical (unpaired) electrons. The predicted octanol–water partition coefficient (Wildman–Crippen LogP) is 0.404. The molecule has 5 N–H and O–H groups in total. The van der Waals surface area contributed by atoms with Crippen LogP contribution in [0.2, 0.25) is 0 Å². The monoisotopic (exact) mass is 354 g/mol. The van der Waals surface area contributed by atoms with Crippen molar-refractivity contribution < 1.29 is 22.5 Å². The van der Waals surface area contributed by atoms with Crippen LogP contribution in [0.3, 0.4) is 0 Å². The summed E-state index contributed by atoms with van der Waals surface area (Å²) < 4.78 is 32.9. The van der Waals surface area contributed by atoms with E-state index in [2.05, 4.69) is 4.99 Å². The van der Waals surface area contributed by atoms with E-state index in [9.17, 15) is 13.2 Å². The van der Waals surface area contributed by atoms with Crippen molar-refractivity contribution in [2.75, 3.05) is 13.4 Å². The molecular weight excluding hydrogens is 336 g/mol. The SMILES string of the molecule is COc1ccc(-n2cccc2)cc1C(=O)N=C(N)N.CS(=O)(=O)O. The molecule has 0 fully saturated rings. The molecule has 0 atom stereocenters. The first-order chi connectivity index (χ1) is 11.1. The molecule has 0 aliphatic rings. The maximum absolute atomic E-state index is 11.9. The number of methoxy groups -OCH3 is 1. The van der Waals surface area contributed by atoms with Crippen LogP contribution in [0.1, 0.15) is 10.4 Å². The van der Waals surface area contributed by atoms with Gasteiger partial charge in [0.1, 0.15) is 5.75 Å². The third-order valence-electron chi connectivity index (χ3n) is 2.55. The lowest BCUT2D eigenvalue weighted by molar-refractivity contribution is 0.0999. The second-order valence-corrected chi connectivity index (χ2v) is 6.02. The Hall–Kier alpha value is -2.85. The minimum absolute atomic E-state index is 0.279. The van der Waals surface area contributed by atoms with E-state index < -0.39 is 16.0 Å². The number of carbonyl (C=O) groups is 1. The van der Waals surface area contributed by atoms with Gasteiger partial charge >= 0.3 is 0 Å². The average molecular weight is 354 g/mol. The molecule has 24 heavy (non-hydrogen) atoms. The third kappa shape index (κ3) is 6.50. The van der Waals surface area contributed by atoms with Gasteiger partial charge in [0, 0.05) is 18.1 Å². The van der Waals surface area contributed by atoms with E-state index in [-0.39, 0.29) is 5.96 Å². The minimum Gasteiger partial charge on any atom is -0.496 e. The molecule has 0 aliphatic heterocycles. The molecule has 0 spiro atoms. The highest BCUT2D eigenvalue weighted by molar-refractivity contribution is 7.85. The van der Waals surface area contributed by atoms with Gasteiger partial charge in [-0.05, 0) is 30.3 Å². The summed E-state index contributed by atoms with van der Waals surface area (Å²) in [5, 5.41) is 0. The Kier molecular flexibility index (Phi) is 6.50. The van der Waals surface area contributed by atoms with Gasteiger partial charge in [0.2, 0.25) is 0 Å². The predicted molar refractivity (Wildman–Crippen MR) is 89.9 cm³/mol. The number of benzene rings is 1. The summed E-state index contributed by atoms with van der Waals surface area (Å²) in [6.45, 7) is 0. The van der Waals surface area contributed by atoms with Crippen molar-refractivity contribution in [3.8, 4) is 11.4 Å². The van der Waals surface area contributed by atoms with E-state index in [1.807, 2.05) is 35.2 Å². The number of hydrogen-bond donors (Lipinski definition) is 3. The summed E-state index contributed by atoms with van der Waals surface area (Å²) in [6, 6.07) is 8.99. The van der Waals surface area contributed by atoms with Crippen molar-refractivity contribution in [3.05, 3.63) is 48.3 Å². The van der Waals surface area contributed by atoms with Crippen LogP contribution in [-0.4, -0.2) is 42.8 Å². The molecule has 9 nitrogen and oxygen atoms in total. The van der Waals surface area contributed by atoms with Crippen molar-refractivity contribution in [2.45, 2.75) is 0 Å². The van der Waals surface area contributed by atoms with Crippen molar-refractivity contribution in [1.82, 2.24) is 4.57 Å². The zero-order valence-electron chi connectivity index (χ0n) is 13.1. The largest absolute Gasteiger partial charge is 0.496 e. The zero-order valence-corrected chi connectivity index (χ0v) is 13.9. The first kappa shape index (κ1) is 19.2. The van der Waals surface area contributed by atoms with E-state index in [0.29, 0.717) is 17.6 Å². The van der Waals surface area contributed by atoms with Crippen LogP contribution < -0.4 is 16.2 Å². The Morgan fingerprint density at radius 2 is 1.79 bits per heavy atom. The Labute approximate surface area is 139 Å². The van der Waals surface area contributed by atoms with Gasteiger partial charge in [-0.2, -0.15) is 13.4 Å². The number of nitrogens with two attached hydrogens (primary N) is 2. The minimum atomic E-state index is -3.67. The number of ether oxygens (including phenoxy) is 1. The molecule has 0 unspecified atom stereocenters. The Morgan fingerprint density at radius 3 is 2.25 bits per heavy atom. The lowest BCUT2D eigenvalue weighted by atomic mass is 10.1. The van der Waals surface area contributed by atoms with Gasteiger partial charge in [-0.25, -0.2) is 0 Å². The Bertz CT molecular complexity index is 817. The number of aromatic nitrogens is 1. The van der Waals surface area contributed by atoms with E-state index in [1.54, 1.807) is 12.1 Å². The summed E-state index contributed by atoms with van der Waals surface area (Å²) in [5.41, 5.74) is 11.6. The molecule has 1 aromatic carbocycles. The highest BCUT2D eigenvalue weighted by Crippen LogP contribution is 2.23. The van der Waals surface area contributed by atoms with Crippen LogP contribution in [0.5, 0.6) is 5.75 Å². The average Bonchev–Trinajstić information content (AvgIpc) is 2.98. The lowest BCUT2D eigenvalue weighted by Crippen LogP contribution is -2.24. The fourth-order valence-electron chi connectivity index (χ4n) is 1.71. The topological polar surface area (TPSA) is 150 Å². The van der Waals surface area contributed by atoms with Gasteiger partial charge < -0.3 is 20.8 Å². The van der Waals surface area contributed by atoms with E-state index in [4.69, 9.17) is 20.8 Å². The van der Waals surface area contributed by atoms with Gasteiger partial charge in [-0.3, -0.25) is 9.35 Å². The van der Waals surface area contributed by atoms with Gasteiger partial charge in [0.25, 0.3) is 16.0 Å². The molecule has 2 aromatic rings. The molecule has 1 heterocycles. The fourth-order valence-corrected chi connectivity index (χ4v) is 1.71. The van der Waals surface area contributed by atoms with Crippen molar-refractivity contribution >= 4 is 22.0 Å².